The fourth-order valence-electron chi connectivity index (χ4n) is 12.2. The summed E-state index contributed by atoms with van der Waals surface area (Å²) in [6.45, 7) is 18.7. The third kappa shape index (κ3) is 3.46. The molecule has 40 heavy (non-hydrogen) atoms. The Labute approximate surface area is 241 Å². The van der Waals surface area contributed by atoms with Gasteiger partial charge in [0.15, 0.2) is 5.78 Å². The summed E-state index contributed by atoms with van der Waals surface area (Å²) in [4.78, 5) is 31.3. The van der Waals surface area contributed by atoms with E-state index in [-0.39, 0.29) is 33.0 Å². The molecule has 6 rings (SSSR count). The topological polar surface area (TPSA) is 73.1 Å². The van der Waals surface area contributed by atoms with Crippen molar-refractivity contribution >= 4 is 17.8 Å². The number of pyridine rings is 1. The maximum absolute atomic E-state index is 14.0. The van der Waals surface area contributed by atoms with Crippen LogP contribution in [0.25, 0.3) is 6.08 Å². The standard InChI is InChI=1S/C36H50N2O2/c1-22(2)25-10-15-36(31(37)40)17-16-34(6)26(29(25)36)8-9-28-33(5)21-24(20-23-12-18-38-19-13-23)30(39)32(3,4)27(33)11-14-35(28,34)7/h12-13,18-20,25-29H,1,8-11,14-17,21H2,2-7H3,(H2,37,40)/b24-20-/t25-,26+,27-,28+,29+,33-,34+,35+,36-/m0/s1. The van der Waals surface area contributed by atoms with E-state index in [4.69, 9.17) is 5.73 Å². The number of carbonyl (C=O) groups excluding carboxylic acids is 2. The van der Waals surface area contributed by atoms with Gasteiger partial charge >= 0.3 is 0 Å². The van der Waals surface area contributed by atoms with Gasteiger partial charge in [-0.3, -0.25) is 14.6 Å². The number of amides is 1. The Hall–Kier alpha value is -2.23. The van der Waals surface area contributed by atoms with Crippen LogP contribution >= 0.6 is 0 Å². The quantitative estimate of drug-likeness (QED) is 0.313. The minimum Gasteiger partial charge on any atom is -0.369 e. The van der Waals surface area contributed by atoms with Crippen LogP contribution < -0.4 is 5.73 Å². The van der Waals surface area contributed by atoms with Gasteiger partial charge < -0.3 is 5.73 Å². The number of primary amides is 1. The van der Waals surface area contributed by atoms with Crippen LogP contribution in [0.1, 0.15) is 105 Å². The Kier molecular flexibility index (Phi) is 6.20. The molecular weight excluding hydrogens is 492 g/mol. The van der Waals surface area contributed by atoms with Crippen molar-refractivity contribution in [2.75, 3.05) is 0 Å². The molecule has 4 nitrogen and oxygen atoms in total. The minimum atomic E-state index is -0.380. The highest BCUT2D eigenvalue weighted by Crippen LogP contribution is 2.77. The fraction of sp³-hybridized carbons (Fsp3) is 0.694. The number of hydrogen-bond donors (Lipinski definition) is 1. The van der Waals surface area contributed by atoms with Crippen molar-refractivity contribution in [2.24, 2.45) is 62.4 Å². The van der Waals surface area contributed by atoms with Crippen molar-refractivity contribution in [1.29, 1.82) is 0 Å². The third-order valence-electron chi connectivity index (χ3n) is 14.2. The molecule has 0 bridgehead atoms. The van der Waals surface area contributed by atoms with Crippen LogP contribution in [0, 0.1) is 56.7 Å². The average molecular weight is 543 g/mol. The first-order valence-corrected chi connectivity index (χ1v) is 15.8. The number of nitrogens with zero attached hydrogens (tertiary/aromatic N) is 1. The van der Waals surface area contributed by atoms with E-state index in [2.05, 4.69) is 59.2 Å². The second-order valence-electron chi connectivity index (χ2n) is 15.9. The zero-order chi connectivity index (χ0) is 28.9. The average Bonchev–Trinajstić information content (AvgIpc) is 3.30. The Morgan fingerprint density at radius 3 is 2.30 bits per heavy atom. The van der Waals surface area contributed by atoms with E-state index in [1.54, 1.807) is 0 Å². The maximum Gasteiger partial charge on any atom is 0.223 e. The molecule has 0 aliphatic heterocycles. The third-order valence-corrected chi connectivity index (χ3v) is 14.2. The molecule has 9 atom stereocenters. The second kappa shape index (κ2) is 8.88. The van der Waals surface area contributed by atoms with Crippen molar-refractivity contribution in [3.8, 4) is 0 Å². The molecule has 1 aromatic heterocycles. The van der Waals surface area contributed by atoms with Crippen molar-refractivity contribution in [2.45, 2.75) is 99.3 Å². The van der Waals surface area contributed by atoms with Crippen LogP contribution in [0.5, 0.6) is 0 Å². The van der Waals surface area contributed by atoms with Crippen LogP contribution in [0.3, 0.4) is 0 Å². The molecule has 0 radical (unpaired) electrons. The zero-order valence-corrected chi connectivity index (χ0v) is 25.7. The lowest BCUT2D eigenvalue weighted by Gasteiger charge is -2.72. The summed E-state index contributed by atoms with van der Waals surface area (Å²) in [5.41, 5.74) is 9.15. The molecule has 1 heterocycles. The molecule has 0 aromatic carbocycles. The summed E-state index contributed by atoms with van der Waals surface area (Å²) in [7, 11) is 0. The molecule has 0 spiro atoms. The lowest BCUT2D eigenvalue weighted by molar-refractivity contribution is -0.229. The Bertz CT molecular complexity index is 1280. The first-order valence-electron chi connectivity index (χ1n) is 15.8. The summed E-state index contributed by atoms with van der Waals surface area (Å²) in [5, 5.41) is 0. The van der Waals surface area contributed by atoms with E-state index in [1.165, 1.54) is 18.4 Å². The molecule has 4 heteroatoms. The summed E-state index contributed by atoms with van der Waals surface area (Å²) in [5.74, 6) is 2.38. The smallest absolute Gasteiger partial charge is 0.223 e. The molecule has 5 aliphatic carbocycles. The van der Waals surface area contributed by atoms with Crippen molar-refractivity contribution < 1.29 is 9.59 Å². The Morgan fingerprint density at radius 1 is 0.950 bits per heavy atom. The molecule has 0 unspecified atom stereocenters. The highest BCUT2D eigenvalue weighted by atomic mass is 16.1. The normalized spacial score (nSPS) is 46.6. The lowest BCUT2D eigenvalue weighted by atomic mass is 9.32. The lowest BCUT2D eigenvalue weighted by Crippen LogP contribution is -2.67. The van der Waals surface area contributed by atoms with Gasteiger partial charge in [-0.2, -0.15) is 0 Å². The first kappa shape index (κ1) is 27.9. The van der Waals surface area contributed by atoms with Gasteiger partial charge in [-0.15, -0.1) is 0 Å². The Morgan fingerprint density at radius 2 is 1.65 bits per heavy atom. The van der Waals surface area contributed by atoms with Crippen LogP contribution in [-0.4, -0.2) is 16.7 Å². The molecule has 1 amide bonds. The molecule has 5 aliphatic rings. The van der Waals surface area contributed by atoms with E-state index >= 15 is 0 Å². The van der Waals surface area contributed by atoms with Gasteiger partial charge in [0, 0.05) is 17.8 Å². The van der Waals surface area contributed by atoms with Gasteiger partial charge in [0.05, 0.1) is 5.41 Å². The highest BCUT2D eigenvalue weighted by molar-refractivity contribution is 6.04. The number of Topliss-reactive ketones (excluding diaryl/α,β-unsaturated/α-hetero) is 1. The highest BCUT2D eigenvalue weighted by Gasteiger charge is 2.72. The summed E-state index contributed by atoms with van der Waals surface area (Å²) in [6, 6.07) is 4.01. The predicted molar refractivity (Wildman–Crippen MR) is 161 cm³/mol. The number of fused-ring (bicyclic) bond motifs is 7. The summed E-state index contributed by atoms with van der Waals surface area (Å²) in [6.07, 6.45) is 15.2. The SMILES string of the molecule is C=C(C)[C@@H]1CC[C@]2(C(N)=O)CC[C@]3(C)[C@H](CC[C@@H]4[C@@]5(C)C/C(=C/c6ccncc6)C(=O)C(C)(C)[C@@H]5CC[C@]43C)[C@@H]12. The van der Waals surface area contributed by atoms with Crippen LogP contribution in [0.4, 0.5) is 0 Å². The molecule has 5 fully saturated rings. The van der Waals surface area contributed by atoms with Crippen LogP contribution in [0.2, 0.25) is 0 Å². The zero-order valence-electron chi connectivity index (χ0n) is 25.7. The van der Waals surface area contributed by atoms with E-state index in [9.17, 15) is 9.59 Å². The van der Waals surface area contributed by atoms with Crippen LogP contribution in [0.15, 0.2) is 42.3 Å². The van der Waals surface area contributed by atoms with E-state index in [1.807, 2.05) is 24.5 Å². The van der Waals surface area contributed by atoms with Gasteiger partial charge in [-0.05, 0) is 140 Å². The summed E-state index contributed by atoms with van der Waals surface area (Å²) < 4.78 is 0. The van der Waals surface area contributed by atoms with Gasteiger partial charge in [0.25, 0.3) is 0 Å². The van der Waals surface area contributed by atoms with E-state index in [0.717, 1.165) is 56.1 Å². The van der Waals surface area contributed by atoms with Crippen LogP contribution in [-0.2, 0) is 9.59 Å². The number of ketones is 1. The predicted octanol–water partition coefficient (Wildman–Crippen LogP) is 7.79. The van der Waals surface area contributed by atoms with Gasteiger partial charge in [0.1, 0.15) is 0 Å². The van der Waals surface area contributed by atoms with Gasteiger partial charge in [0.2, 0.25) is 5.91 Å². The fourth-order valence-corrected chi connectivity index (χ4v) is 12.2. The molecule has 216 valence electrons. The van der Waals surface area contributed by atoms with Crippen molar-refractivity contribution in [3.05, 3.63) is 47.8 Å². The van der Waals surface area contributed by atoms with Gasteiger partial charge in [-0.25, -0.2) is 0 Å². The van der Waals surface area contributed by atoms with E-state index in [0.29, 0.717) is 35.4 Å². The Balaban J connectivity index is 1.42. The number of allylic oxidation sites excluding steroid dienone is 2. The number of rotatable bonds is 3. The van der Waals surface area contributed by atoms with E-state index < -0.39 is 0 Å². The number of aromatic nitrogens is 1. The number of nitrogens with two attached hydrogens (primary N) is 1. The maximum atomic E-state index is 14.0. The molecule has 0 saturated heterocycles. The molecule has 5 saturated carbocycles. The second-order valence-corrected chi connectivity index (χ2v) is 15.9. The molecule has 1 aromatic rings. The van der Waals surface area contributed by atoms with Gasteiger partial charge in [-0.1, -0.05) is 46.8 Å². The van der Waals surface area contributed by atoms with Crippen molar-refractivity contribution in [1.82, 2.24) is 4.98 Å². The minimum absolute atomic E-state index is 0.0545. The number of hydrogen-bond acceptors (Lipinski definition) is 3. The molecule has 2 N–H and O–H groups in total. The largest absolute Gasteiger partial charge is 0.369 e. The first-order chi connectivity index (χ1) is 18.7. The number of carbonyl (C=O) groups is 2. The van der Waals surface area contributed by atoms with Crippen molar-refractivity contribution in [3.63, 3.8) is 0 Å². The summed E-state index contributed by atoms with van der Waals surface area (Å²) >= 11 is 0. The monoisotopic (exact) mass is 542 g/mol. The molecular formula is C36H50N2O2.